The van der Waals surface area contributed by atoms with Crippen molar-refractivity contribution in [1.82, 2.24) is 15.3 Å². The van der Waals surface area contributed by atoms with Gasteiger partial charge in [-0.2, -0.15) is 0 Å². The molecule has 2 atom stereocenters. The predicted octanol–water partition coefficient (Wildman–Crippen LogP) is 1.44. The van der Waals surface area contributed by atoms with Crippen LogP contribution in [0.1, 0.15) is 27.2 Å². The smallest absolute Gasteiger partial charge is 0.115 e. The number of hydrogen-bond donors (Lipinski definition) is 1. The van der Waals surface area contributed by atoms with Gasteiger partial charge in [-0.15, -0.1) is 0 Å². The molecule has 0 bridgehead atoms. The summed E-state index contributed by atoms with van der Waals surface area (Å²) in [5.41, 5.74) is 1.32. The summed E-state index contributed by atoms with van der Waals surface area (Å²) in [7, 11) is 0. The monoisotopic (exact) mass is 220 g/mol. The highest BCUT2D eigenvalue weighted by Crippen LogP contribution is 2.23. The lowest BCUT2D eigenvalue weighted by Gasteiger charge is -2.45. The molecule has 1 aromatic rings. The molecule has 4 nitrogen and oxygen atoms in total. The van der Waals surface area contributed by atoms with Crippen molar-refractivity contribution in [3.05, 3.63) is 18.7 Å². The van der Waals surface area contributed by atoms with E-state index in [1.54, 1.807) is 6.33 Å². The van der Waals surface area contributed by atoms with Gasteiger partial charge in [-0.25, -0.2) is 9.97 Å². The first-order valence-corrected chi connectivity index (χ1v) is 5.91. The molecule has 1 saturated heterocycles. The Morgan fingerprint density at radius 2 is 2.19 bits per heavy atom. The topological polar surface area (TPSA) is 41.1 Å². The zero-order chi connectivity index (χ0) is 11.6. The molecule has 1 aliphatic rings. The Kier molecular flexibility index (Phi) is 3.10. The van der Waals surface area contributed by atoms with Crippen LogP contribution in [0.2, 0.25) is 0 Å². The van der Waals surface area contributed by atoms with E-state index < -0.39 is 0 Å². The summed E-state index contributed by atoms with van der Waals surface area (Å²) in [6.07, 6.45) is 6.50. The molecule has 0 amide bonds. The van der Waals surface area contributed by atoms with Crippen LogP contribution in [-0.4, -0.2) is 34.6 Å². The summed E-state index contributed by atoms with van der Waals surface area (Å²) in [5, 5.41) is 3.61. The maximum absolute atomic E-state index is 4.09. The largest absolute Gasteiger partial charge is 0.363 e. The number of piperazine rings is 1. The van der Waals surface area contributed by atoms with Gasteiger partial charge in [-0.05, 0) is 20.3 Å². The van der Waals surface area contributed by atoms with Crippen LogP contribution in [-0.2, 0) is 0 Å². The summed E-state index contributed by atoms with van der Waals surface area (Å²) in [6.45, 7) is 8.75. The van der Waals surface area contributed by atoms with Gasteiger partial charge in [0.2, 0.25) is 0 Å². The highest BCUT2D eigenvalue weighted by Gasteiger charge is 2.32. The van der Waals surface area contributed by atoms with Crippen LogP contribution in [0, 0.1) is 0 Å². The summed E-state index contributed by atoms with van der Waals surface area (Å²) in [4.78, 5) is 10.6. The Hall–Kier alpha value is -1.16. The van der Waals surface area contributed by atoms with Gasteiger partial charge in [0.25, 0.3) is 0 Å². The average molecular weight is 220 g/mol. The molecule has 2 rings (SSSR count). The zero-order valence-corrected chi connectivity index (χ0v) is 10.3. The molecule has 1 N–H and O–H groups in total. The molecule has 0 spiro atoms. The van der Waals surface area contributed by atoms with Crippen LogP contribution in [0.15, 0.2) is 18.7 Å². The van der Waals surface area contributed by atoms with Gasteiger partial charge in [-0.1, -0.05) is 6.92 Å². The maximum Gasteiger partial charge on any atom is 0.115 e. The van der Waals surface area contributed by atoms with E-state index in [4.69, 9.17) is 0 Å². The normalized spacial score (nSPS) is 30.4. The van der Waals surface area contributed by atoms with E-state index in [2.05, 4.69) is 41.0 Å². The third kappa shape index (κ3) is 2.16. The van der Waals surface area contributed by atoms with Crippen LogP contribution in [0.4, 0.5) is 5.69 Å². The van der Waals surface area contributed by atoms with Crippen molar-refractivity contribution in [3.8, 4) is 0 Å². The Morgan fingerprint density at radius 3 is 2.81 bits per heavy atom. The molecule has 0 aromatic carbocycles. The minimum Gasteiger partial charge on any atom is -0.363 e. The molecule has 2 unspecified atom stereocenters. The van der Waals surface area contributed by atoms with Crippen molar-refractivity contribution >= 4 is 5.69 Å². The average Bonchev–Trinajstić information content (AvgIpc) is 2.34. The third-order valence-electron chi connectivity index (χ3n) is 3.53. The van der Waals surface area contributed by atoms with Crippen LogP contribution in [0.25, 0.3) is 0 Å². The van der Waals surface area contributed by atoms with Crippen LogP contribution in [0.5, 0.6) is 0 Å². The summed E-state index contributed by atoms with van der Waals surface area (Å²) in [5.74, 6) is 0. The van der Waals surface area contributed by atoms with Crippen molar-refractivity contribution in [2.24, 2.45) is 0 Å². The lowest BCUT2D eigenvalue weighted by Crippen LogP contribution is -2.62. The first-order chi connectivity index (χ1) is 7.64. The van der Waals surface area contributed by atoms with Crippen LogP contribution in [0.3, 0.4) is 0 Å². The number of hydrogen-bond acceptors (Lipinski definition) is 4. The highest BCUT2D eigenvalue weighted by molar-refractivity contribution is 5.44. The number of rotatable bonds is 2. The zero-order valence-electron chi connectivity index (χ0n) is 10.3. The van der Waals surface area contributed by atoms with Gasteiger partial charge in [0.1, 0.15) is 6.33 Å². The van der Waals surface area contributed by atoms with E-state index in [-0.39, 0.29) is 5.54 Å². The van der Waals surface area contributed by atoms with Crippen molar-refractivity contribution < 1.29 is 0 Å². The summed E-state index contributed by atoms with van der Waals surface area (Å²) >= 11 is 0. The molecular formula is C12H20N4. The Bertz CT molecular complexity index is 340. The van der Waals surface area contributed by atoms with Gasteiger partial charge < -0.3 is 10.2 Å². The number of nitrogens with zero attached hydrogens (tertiary/aromatic N) is 3. The lowest BCUT2D eigenvalue weighted by atomic mass is 9.93. The second kappa shape index (κ2) is 4.37. The van der Waals surface area contributed by atoms with Crippen LogP contribution < -0.4 is 10.2 Å². The molecular weight excluding hydrogens is 200 g/mol. The SMILES string of the molecule is CCC1(C)CN(c2cncnc2)C(C)CN1. The van der Waals surface area contributed by atoms with E-state index in [0.717, 1.165) is 25.2 Å². The fourth-order valence-electron chi connectivity index (χ4n) is 2.11. The van der Waals surface area contributed by atoms with E-state index >= 15 is 0 Å². The van der Waals surface area contributed by atoms with E-state index in [1.165, 1.54) is 0 Å². The molecule has 1 aliphatic heterocycles. The van der Waals surface area contributed by atoms with Gasteiger partial charge >= 0.3 is 0 Å². The molecule has 0 aliphatic carbocycles. The fraction of sp³-hybridized carbons (Fsp3) is 0.667. The highest BCUT2D eigenvalue weighted by atomic mass is 15.3. The van der Waals surface area contributed by atoms with Gasteiger partial charge in [0, 0.05) is 24.7 Å². The first kappa shape index (κ1) is 11.3. The van der Waals surface area contributed by atoms with Crippen molar-refractivity contribution in [2.45, 2.75) is 38.8 Å². The standard InChI is InChI=1S/C12H20N4/c1-4-12(3)8-16(10(2)5-15-12)11-6-13-9-14-7-11/h6-7,9-10,15H,4-5,8H2,1-3H3. The second-order valence-electron chi connectivity index (χ2n) is 4.87. The van der Waals surface area contributed by atoms with E-state index in [1.807, 2.05) is 12.4 Å². The Balaban J connectivity index is 2.19. The number of nitrogens with one attached hydrogen (secondary N) is 1. The molecule has 2 heterocycles. The number of aromatic nitrogens is 2. The molecule has 1 fully saturated rings. The lowest BCUT2D eigenvalue weighted by molar-refractivity contribution is 0.285. The molecule has 0 radical (unpaired) electrons. The quantitative estimate of drug-likeness (QED) is 0.819. The van der Waals surface area contributed by atoms with E-state index in [9.17, 15) is 0 Å². The van der Waals surface area contributed by atoms with Gasteiger partial charge in [-0.3, -0.25) is 0 Å². The molecule has 4 heteroatoms. The second-order valence-corrected chi connectivity index (χ2v) is 4.87. The maximum atomic E-state index is 4.09. The van der Waals surface area contributed by atoms with Crippen molar-refractivity contribution in [3.63, 3.8) is 0 Å². The molecule has 1 aromatic heterocycles. The summed E-state index contributed by atoms with van der Waals surface area (Å²) in [6, 6.07) is 0.491. The minimum atomic E-state index is 0.197. The Labute approximate surface area is 97.1 Å². The van der Waals surface area contributed by atoms with Crippen molar-refractivity contribution in [1.29, 1.82) is 0 Å². The fourth-order valence-corrected chi connectivity index (χ4v) is 2.11. The predicted molar refractivity (Wildman–Crippen MR) is 65.5 cm³/mol. The number of anilines is 1. The van der Waals surface area contributed by atoms with Crippen molar-refractivity contribution in [2.75, 3.05) is 18.0 Å². The molecule has 16 heavy (non-hydrogen) atoms. The van der Waals surface area contributed by atoms with E-state index in [0.29, 0.717) is 6.04 Å². The molecule has 88 valence electrons. The minimum absolute atomic E-state index is 0.197. The summed E-state index contributed by atoms with van der Waals surface area (Å²) < 4.78 is 0. The molecule has 0 saturated carbocycles. The Morgan fingerprint density at radius 1 is 1.50 bits per heavy atom. The van der Waals surface area contributed by atoms with Gasteiger partial charge in [0.05, 0.1) is 18.1 Å². The van der Waals surface area contributed by atoms with Gasteiger partial charge in [0.15, 0.2) is 0 Å². The van der Waals surface area contributed by atoms with Crippen LogP contribution >= 0.6 is 0 Å². The third-order valence-corrected chi connectivity index (χ3v) is 3.53. The first-order valence-electron chi connectivity index (χ1n) is 5.91.